The second kappa shape index (κ2) is 5.36. The Hall–Kier alpha value is -0.301. The molecule has 0 aromatic heterocycles. The first-order valence-electron chi connectivity index (χ1n) is 3.72. The number of hydrogen-bond donors (Lipinski definition) is 1. The van der Waals surface area contributed by atoms with Crippen molar-refractivity contribution in [3.63, 3.8) is 0 Å². The van der Waals surface area contributed by atoms with Crippen LogP contribution >= 0.6 is 0 Å². The predicted octanol–water partition coefficient (Wildman–Crippen LogP) is 0.817. The van der Waals surface area contributed by atoms with Gasteiger partial charge in [0.1, 0.15) is 0 Å². The summed E-state index contributed by atoms with van der Waals surface area (Å²) in [5.74, 6) is 0. The monoisotopic (exact) mass is 216 g/mol. The first kappa shape index (κ1) is 8.79. The van der Waals surface area contributed by atoms with Crippen LogP contribution in [0.15, 0.2) is 30.3 Å². The first-order valence-corrected chi connectivity index (χ1v) is 5.79. The van der Waals surface area contributed by atoms with Crippen molar-refractivity contribution in [2.45, 2.75) is 11.7 Å². The molecule has 0 amide bonds. The summed E-state index contributed by atoms with van der Waals surface area (Å²) in [6, 6.07) is 10.5. The third-order valence-electron chi connectivity index (χ3n) is 1.31. The molecule has 1 aromatic carbocycles. The molecule has 0 saturated heterocycles. The van der Waals surface area contributed by atoms with Gasteiger partial charge in [-0.1, -0.05) is 0 Å². The van der Waals surface area contributed by atoms with Crippen LogP contribution in [-0.2, 0) is 0 Å². The van der Waals surface area contributed by atoms with Gasteiger partial charge in [-0.15, -0.1) is 0 Å². The van der Waals surface area contributed by atoms with E-state index in [4.69, 9.17) is 5.11 Å². The van der Waals surface area contributed by atoms with Crippen LogP contribution in [0.3, 0.4) is 0 Å². The van der Waals surface area contributed by atoms with Gasteiger partial charge in [0.15, 0.2) is 0 Å². The van der Waals surface area contributed by atoms with E-state index in [1.165, 1.54) is 4.46 Å². The van der Waals surface area contributed by atoms with E-state index in [9.17, 15) is 0 Å². The molecule has 0 heterocycles. The molecule has 2 heteroatoms. The van der Waals surface area contributed by atoms with Crippen LogP contribution in [0.2, 0.25) is 5.32 Å². The van der Waals surface area contributed by atoms with Gasteiger partial charge in [-0.05, 0) is 0 Å². The molecule has 0 bridgehead atoms. The summed E-state index contributed by atoms with van der Waals surface area (Å²) in [7, 11) is 0. The van der Waals surface area contributed by atoms with Gasteiger partial charge in [-0.2, -0.15) is 0 Å². The van der Waals surface area contributed by atoms with Crippen LogP contribution in [0.1, 0.15) is 6.42 Å². The third-order valence-corrected chi connectivity index (χ3v) is 3.62. The van der Waals surface area contributed by atoms with E-state index in [0.717, 1.165) is 11.7 Å². The van der Waals surface area contributed by atoms with E-state index < -0.39 is 0 Å². The molecule has 1 aromatic rings. The zero-order valence-corrected chi connectivity index (χ0v) is 8.08. The van der Waals surface area contributed by atoms with Crippen LogP contribution < -0.4 is 4.46 Å². The van der Waals surface area contributed by atoms with E-state index in [-0.39, 0.29) is 0 Å². The maximum atomic E-state index is 8.55. The number of benzene rings is 1. The third kappa shape index (κ3) is 3.57. The van der Waals surface area contributed by atoms with Crippen molar-refractivity contribution in [2.24, 2.45) is 0 Å². The molecule has 11 heavy (non-hydrogen) atoms. The van der Waals surface area contributed by atoms with Crippen molar-refractivity contribution in [1.29, 1.82) is 0 Å². The molecule has 0 atom stereocenters. The summed E-state index contributed by atoms with van der Waals surface area (Å²) in [4.78, 5) is 0. The molecule has 1 rings (SSSR count). The summed E-state index contributed by atoms with van der Waals surface area (Å²) in [5.41, 5.74) is 0. The zero-order valence-electron chi connectivity index (χ0n) is 6.36. The summed E-state index contributed by atoms with van der Waals surface area (Å²) in [5, 5.41) is 9.70. The van der Waals surface area contributed by atoms with Crippen molar-refractivity contribution in [3.05, 3.63) is 30.3 Å². The van der Waals surface area contributed by atoms with Crippen molar-refractivity contribution < 1.29 is 5.11 Å². The quantitative estimate of drug-likeness (QED) is 0.582. The summed E-state index contributed by atoms with van der Waals surface area (Å²) in [6.45, 7) is 0.328. The summed E-state index contributed by atoms with van der Waals surface area (Å²) in [6.07, 6.45) is 0.939. The second-order valence-electron chi connectivity index (χ2n) is 2.24. The van der Waals surface area contributed by atoms with E-state index in [2.05, 4.69) is 24.3 Å². The SMILES string of the molecule is OCCC[Se]c1ccccc1. The Labute approximate surface area is 73.6 Å². The minimum absolute atomic E-state index is 0.328. The van der Waals surface area contributed by atoms with E-state index >= 15 is 0 Å². The Kier molecular flexibility index (Phi) is 4.29. The van der Waals surface area contributed by atoms with E-state index in [1.54, 1.807) is 0 Å². The predicted molar refractivity (Wildman–Crippen MR) is 48.3 cm³/mol. The fraction of sp³-hybridized carbons (Fsp3) is 0.333. The summed E-state index contributed by atoms with van der Waals surface area (Å²) >= 11 is 0.560. The van der Waals surface area contributed by atoms with E-state index in [0.29, 0.717) is 21.6 Å². The fourth-order valence-electron chi connectivity index (χ4n) is 0.771. The molecule has 0 radical (unpaired) electrons. The Morgan fingerprint density at radius 2 is 1.91 bits per heavy atom. The molecule has 60 valence electrons. The Balaban J connectivity index is 2.28. The van der Waals surface area contributed by atoms with Crippen LogP contribution in [-0.4, -0.2) is 26.7 Å². The van der Waals surface area contributed by atoms with Gasteiger partial charge >= 0.3 is 73.2 Å². The average Bonchev–Trinajstić information content (AvgIpc) is 2.07. The van der Waals surface area contributed by atoms with Crippen LogP contribution in [0.5, 0.6) is 0 Å². The Bertz CT molecular complexity index is 186. The summed E-state index contributed by atoms with van der Waals surface area (Å²) < 4.78 is 1.42. The topological polar surface area (TPSA) is 20.2 Å². The van der Waals surface area contributed by atoms with Crippen molar-refractivity contribution in [2.75, 3.05) is 6.61 Å². The molecular weight excluding hydrogens is 203 g/mol. The van der Waals surface area contributed by atoms with Gasteiger partial charge in [-0.3, -0.25) is 0 Å². The second-order valence-corrected chi connectivity index (χ2v) is 4.69. The molecular formula is C9H12OSe. The molecule has 0 unspecified atom stereocenters. The van der Waals surface area contributed by atoms with Gasteiger partial charge in [-0.25, -0.2) is 0 Å². The van der Waals surface area contributed by atoms with Crippen LogP contribution in [0.25, 0.3) is 0 Å². The fourth-order valence-corrected chi connectivity index (χ4v) is 2.57. The number of rotatable bonds is 4. The molecule has 1 nitrogen and oxygen atoms in total. The van der Waals surface area contributed by atoms with Gasteiger partial charge in [0.05, 0.1) is 0 Å². The molecule has 0 aliphatic carbocycles. The van der Waals surface area contributed by atoms with E-state index in [1.807, 2.05) is 6.07 Å². The first-order chi connectivity index (χ1) is 5.43. The van der Waals surface area contributed by atoms with Crippen LogP contribution in [0, 0.1) is 0 Å². The standard InChI is InChI=1S/C9H12OSe/c10-7-4-8-11-9-5-2-1-3-6-9/h1-3,5-6,10H,4,7-8H2. The maximum absolute atomic E-state index is 8.55. The van der Waals surface area contributed by atoms with Crippen molar-refractivity contribution in [3.8, 4) is 0 Å². The van der Waals surface area contributed by atoms with Crippen LogP contribution in [0.4, 0.5) is 0 Å². The Morgan fingerprint density at radius 1 is 1.18 bits per heavy atom. The molecule has 0 saturated carbocycles. The van der Waals surface area contributed by atoms with Gasteiger partial charge in [0, 0.05) is 0 Å². The van der Waals surface area contributed by atoms with Crippen molar-refractivity contribution in [1.82, 2.24) is 0 Å². The zero-order chi connectivity index (χ0) is 7.94. The molecule has 0 fully saturated rings. The molecule has 1 N–H and O–H groups in total. The van der Waals surface area contributed by atoms with Gasteiger partial charge in [0.25, 0.3) is 0 Å². The van der Waals surface area contributed by atoms with Gasteiger partial charge in [0.2, 0.25) is 0 Å². The normalized spacial score (nSPS) is 9.91. The van der Waals surface area contributed by atoms with Gasteiger partial charge < -0.3 is 0 Å². The molecule has 0 aliphatic heterocycles. The average molecular weight is 215 g/mol. The Morgan fingerprint density at radius 3 is 2.55 bits per heavy atom. The molecule has 0 spiro atoms. The number of aliphatic hydroxyl groups excluding tert-OH is 1. The molecule has 0 aliphatic rings. The number of aliphatic hydroxyl groups is 1. The minimum atomic E-state index is 0.328. The van der Waals surface area contributed by atoms with Crippen molar-refractivity contribution >= 4 is 19.4 Å². The number of hydrogen-bond acceptors (Lipinski definition) is 1.